The third-order valence-corrected chi connectivity index (χ3v) is 2.89. The first-order valence-corrected chi connectivity index (χ1v) is 6.40. The van der Waals surface area contributed by atoms with E-state index in [9.17, 15) is 0 Å². The Hall–Kier alpha value is -1.75. The first-order valence-electron chi connectivity index (χ1n) is 6.40. The molecule has 0 bridgehead atoms. The summed E-state index contributed by atoms with van der Waals surface area (Å²) in [5.41, 5.74) is 1.00. The summed E-state index contributed by atoms with van der Waals surface area (Å²) in [6, 6.07) is 10.2. The van der Waals surface area contributed by atoms with Crippen molar-refractivity contribution in [2.45, 2.75) is 26.3 Å². The van der Waals surface area contributed by atoms with Crippen LogP contribution in [0.1, 0.15) is 26.3 Å². The van der Waals surface area contributed by atoms with Gasteiger partial charge >= 0.3 is 0 Å². The molecular weight excluding hydrogens is 226 g/mol. The molecule has 1 aromatic carbocycles. The van der Waals surface area contributed by atoms with Gasteiger partial charge in [-0.3, -0.25) is 0 Å². The van der Waals surface area contributed by atoms with Crippen LogP contribution in [0, 0.1) is 0 Å². The zero-order valence-electron chi connectivity index (χ0n) is 10.9. The van der Waals surface area contributed by atoms with Gasteiger partial charge in [0.1, 0.15) is 0 Å². The Morgan fingerprint density at radius 3 is 2.67 bits per heavy atom. The van der Waals surface area contributed by atoms with Gasteiger partial charge in [-0.15, -0.1) is 10.2 Å². The summed E-state index contributed by atoms with van der Waals surface area (Å²) in [4.78, 5) is 1.71. The summed E-state index contributed by atoms with van der Waals surface area (Å²) in [6.45, 7) is 6.05. The van der Waals surface area contributed by atoms with E-state index in [2.05, 4.69) is 34.6 Å². The Bertz CT molecular complexity index is 465. The molecular formula is C13H19N5. The van der Waals surface area contributed by atoms with Crippen LogP contribution in [-0.2, 0) is 0 Å². The quantitative estimate of drug-likeness (QED) is 0.844. The van der Waals surface area contributed by atoms with E-state index in [1.807, 2.05) is 30.3 Å². The van der Waals surface area contributed by atoms with Crippen LogP contribution in [-0.4, -0.2) is 33.3 Å². The van der Waals surface area contributed by atoms with Crippen molar-refractivity contribution in [1.29, 1.82) is 0 Å². The van der Waals surface area contributed by atoms with Crippen LogP contribution in [0.15, 0.2) is 30.3 Å². The second-order valence-electron chi connectivity index (χ2n) is 4.17. The number of nitrogens with one attached hydrogen (secondary N) is 1. The van der Waals surface area contributed by atoms with Crippen LogP contribution >= 0.6 is 0 Å². The Balaban J connectivity index is 2.14. The minimum absolute atomic E-state index is 0.259. The summed E-state index contributed by atoms with van der Waals surface area (Å²) < 4.78 is 0. The van der Waals surface area contributed by atoms with Crippen LogP contribution in [0.5, 0.6) is 0 Å². The minimum atomic E-state index is 0.259. The Morgan fingerprint density at radius 2 is 2.00 bits per heavy atom. The number of aromatic nitrogens is 4. The topological polar surface area (TPSA) is 55.6 Å². The Morgan fingerprint density at radius 1 is 1.22 bits per heavy atom. The molecule has 1 heterocycles. The summed E-state index contributed by atoms with van der Waals surface area (Å²) in [6.07, 6.45) is 0.984. The van der Waals surface area contributed by atoms with E-state index in [1.54, 1.807) is 4.80 Å². The fourth-order valence-electron chi connectivity index (χ4n) is 1.78. The molecule has 0 radical (unpaired) electrons. The molecule has 2 rings (SSSR count). The average molecular weight is 245 g/mol. The lowest BCUT2D eigenvalue weighted by Gasteiger charge is -2.12. The van der Waals surface area contributed by atoms with Gasteiger partial charge in [-0.1, -0.05) is 44.2 Å². The molecule has 2 aromatic rings. The van der Waals surface area contributed by atoms with E-state index in [0.717, 1.165) is 25.1 Å². The van der Waals surface area contributed by atoms with E-state index in [0.29, 0.717) is 5.82 Å². The zero-order valence-corrected chi connectivity index (χ0v) is 10.9. The first-order chi connectivity index (χ1) is 8.85. The number of benzene rings is 1. The number of nitrogens with zero attached hydrogens (tertiary/aromatic N) is 4. The van der Waals surface area contributed by atoms with Crippen molar-refractivity contribution in [2.24, 2.45) is 0 Å². The van der Waals surface area contributed by atoms with Gasteiger partial charge in [-0.05, 0) is 18.2 Å². The van der Waals surface area contributed by atoms with Crippen molar-refractivity contribution in [3.05, 3.63) is 30.3 Å². The number of hydrogen-bond donors (Lipinski definition) is 1. The van der Waals surface area contributed by atoms with Gasteiger partial charge in [0, 0.05) is 12.1 Å². The van der Waals surface area contributed by atoms with E-state index in [4.69, 9.17) is 0 Å². The molecule has 0 aliphatic rings. The average Bonchev–Trinajstić information content (AvgIpc) is 2.90. The summed E-state index contributed by atoms with van der Waals surface area (Å²) in [5, 5.41) is 16.0. The molecule has 0 fully saturated rings. The van der Waals surface area contributed by atoms with E-state index >= 15 is 0 Å². The maximum Gasteiger partial charge on any atom is 0.204 e. The smallest absolute Gasteiger partial charge is 0.204 e. The molecule has 0 aliphatic carbocycles. The lowest BCUT2D eigenvalue weighted by Crippen LogP contribution is -2.26. The van der Waals surface area contributed by atoms with Crippen molar-refractivity contribution < 1.29 is 0 Å². The predicted octanol–water partition coefficient (Wildman–Crippen LogP) is 1.90. The third-order valence-electron chi connectivity index (χ3n) is 2.89. The molecule has 0 saturated carbocycles. The van der Waals surface area contributed by atoms with E-state index < -0.39 is 0 Å². The molecule has 1 unspecified atom stereocenters. The van der Waals surface area contributed by atoms with Crippen LogP contribution in [0.2, 0.25) is 0 Å². The molecule has 1 aromatic heterocycles. The molecule has 0 spiro atoms. The van der Waals surface area contributed by atoms with Gasteiger partial charge in [0.2, 0.25) is 5.82 Å². The van der Waals surface area contributed by atoms with Crippen molar-refractivity contribution in [3.63, 3.8) is 0 Å². The Labute approximate surface area is 107 Å². The van der Waals surface area contributed by atoms with Gasteiger partial charge in [-0.25, -0.2) is 0 Å². The van der Waals surface area contributed by atoms with Crippen molar-refractivity contribution >= 4 is 0 Å². The van der Waals surface area contributed by atoms with Gasteiger partial charge in [0.25, 0.3) is 0 Å². The fraction of sp³-hybridized carbons (Fsp3) is 0.462. The number of rotatable bonds is 6. The maximum absolute atomic E-state index is 4.46. The molecule has 0 saturated heterocycles. The molecule has 0 amide bonds. The van der Waals surface area contributed by atoms with Crippen molar-refractivity contribution in [2.75, 3.05) is 13.1 Å². The monoisotopic (exact) mass is 245 g/mol. The SMILES string of the molecule is CCNCC(CC)n1nnc(-c2ccccc2)n1. The van der Waals surface area contributed by atoms with Crippen LogP contribution in [0.25, 0.3) is 11.4 Å². The summed E-state index contributed by atoms with van der Waals surface area (Å²) >= 11 is 0. The lowest BCUT2D eigenvalue weighted by atomic mass is 10.2. The number of likely N-dealkylation sites (N-methyl/N-ethyl adjacent to an activating group) is 1. The third kappa shape index (κ3) is 2.92. The highest BCUT2D eigenvalue weighted by Crippen LogP contribution is 2.14. The second kappa shape index (κ2) is 6.26. The largest absolute Gasteiger partial charge is 0.315 e. The second-order valence-corrected chi connectivity index (χ2v) is 4.17. The summed E-state index contributed by atoms with van der Waals surface area (Å²) in [7, 11) is 0. The standard InChI is InChI=1S/C13H19N5/c1-3-12(10-14-4-2)18-16-13(15-17-18)11-8-6-5-7-9-11/h5-9,12,14H,3-4,10H2,1-2H3. The number of tetrazole rings is 1. The van der Waals surface area contributed by atoms with E-state index in [-0.39, 0.29) is 6.04 Å². The minimum Gasteiger partial charge on any atom is -0.315 e. The highest BCUT2D eigenvalue weighted by atomic mass is 15.6. The van der Waals surface area contributed by atoms with Gasteiger partial charge in [0.05, 0.1) is 6.04 Å². The lowest BCUT2D eigenvalue weighted by molar-refractivity contribution is 0.368. The van der Waals surface area contributed by atoms with Crippen LogP contribution in [0.3, 0.4) is 0 Å². The molecule has 5 heteroatoms. The highest BCUT2D eigenvalue weighted by molar-refractivity contribution is 5.52. The highest BCUT2D eigenvalue weighted by Gasteiger charge is 2.13. The predicted molar refractivity (Wildman–Crippen MR) is 71.1 cm³/mol. The van der Waals surface area contributed by atoms with Crippen LogP contribution < -0.4 is 5.32 Å². The Kier molecular flexibility index (Phi) is 4.41. The van der Waals surface area contributed by atoms with Gasteiger partial charge < -0.3 is 5.32 Å². The molecule has 0 aliphatic heterocycles. The number of hydrogen-bond acceptors (Lipinski definition) is 4. The molecule has 96 valence electrons. The molecule has 5 nitrogen and oxygen atoms in total. The molecule has 18 heavy (non-hydrogen) atoms. The first kappa shape index (κ1) is 12.7. The van der Waals surface area contributed by atoms with Gasteiger partial charge in [-0.2, -0.15) is 4.80 Å². The van der Waals surface area contributed by atoms with E-state index in [1.165, 1.54) is 0 Å². The summed E-state index contributed by atoms with van der Waals surface area (Å²) in [5.74, 6) is 0.686. The maximum atomic E-state index is 4.46. The van der Waals surface area contributed by atoms with Crippen molar-refractivity contribution in [1.82, 2.24) is 25.5 Å². The zero-order chi connectivity index (χ0) is 12.8. The normalized spacial score (nSPS) is 12.6. The van der Waals surface area contributed by atoms with Crippen LogP contribution in [0.4, 0.5) is 0 Å². The molecule has 1 N–H and O–H groups in total. The van der Waals surface area contributed by atoms with Crippen molar-refractivity contribution in [3.8, 4) is 11.4 Å². The van der Waals surface area contributed by atoms with Gasteiger partial charge in [0.15, 0.2) is 0 Å². The molecule has 1 atom stereocenters. The fourth-order valence-corrected chi connectivity index (χ4v) is 1.78.